The first kappa shape index (κ1) is 11.0. The SMILES string of the molecule is O=C(S)c1ccccc1O.[NaH]. The molecule has 1 rings (SSSR count). The Kier molecular flexibility index (Phi) is 4.84. The van der Waals surface area contributed by atoms with E-state index in [9.17, 15) is 4.79 Å². The van der Waals surface area contributed by atoms with Crippen molar-refractivity contribution in [3.8, 4) is 5.75 Å². The predicted molar refractivity (Wildman–Crippen MR) is 48.6 cm³/mol. The third kappa shape index (κ3) is 2.87. The molecule has 11 heavy (non-hydrogen) atoms. The van der Waals surface area contributed by atoms with E-state index in [0.29, 0.717) is 0 Å². The molecule has 1 N–H and O–H groups in total. The first-order valence-corrected chi connectivity index (χ1v) is 3.18. The van der Waals surface area contributed by atoms with Crippen LogP contribution in [0.4, 0.5) is 0 Å². The molecule has 0 atom stereocenters. The van der Waals surface area contributed by atoms with Gasteiger partial charge < -0.3 is 5.11 Å². The molecule has 0 aliphatic rings. The number of phenolic OH excluding ortho intramolecular Hbond substituents is 1. The number of hydrogen-bond donors (Lipinski definition) is 2. The summed E-state index contributed by atoms with van der Waals surface area (Å²) in [5, 5.41) is 8.59. The van der Waals surface area contributed by atoms with Crippen molar-refractivity contribution in [2.75, 3.05) is 0 Å². The van der Waals surface area contributed by atoms with Crippen LogP contribution in [0.15, 0.2) is 24.3 Å². The molecule has 0 aliphatic heterocycles. The summed E-state index contributed by atoms with van der Waals surface area (Å²) in [5.74, 6) is -0.0255. The Balaban J connectivity index is 0.000001000. The molecule has 0 saturated heterocycles. The zero-order chi connectivity index (χ0) is 7.56. The molecule has 54 valence electrons. The van der Waals surface area contributed by atoms with Gasteiger partial charge in [0.2, 0.25) is 5.12 Å². The van der Waals surface area contributed by atoms with Gasteiger partial charge >= 0.3 is 29.6 Å². The zero-order valence-electron chi connectivity index (χ0n) is 5.11. The van der Waals surface area contributed by atoms with Crippen molar-refractivity contribution in [2.45, 2.75) is 0 Å². The zero-order valence-corrected chi connectivity index (χ0v) is 6.01. The predicted octanol–water partition coefficient (Wildman–Crippen LogP) is 0.814. The molecule has 2 nitrogen and oxygen atoms in total. The van der Waals surface area contributed by atoms with Crippen molar-refractivity contribution in [2.24, 2.45) is 0 Å². The normalized spacial score (nSPS) is 8.45. The first-order valence-electron chi connectivity index (χ1n) is 2.73. The van der Waals surface area contributed by atoms with Gasteiger partial charge in [-0.2, -0.15) is 0 Å². The molecule has 0 saturated carbocycles. The molecule has 1 aromatic carbocycles. The number of rotatable bonds is 1. The molecule has 0 aliphatic carbocycles. The second-order valence-electron chi connectivity index (χ2n) is 1.82. The minimum atomic E-state index is -0.418. The van der Waals surface area contributed by atoms with E-state index in [1.165, 1.54) is 12.1 Å². The molecule has 4 heteroatoms. The minimum absolute atomic E-state index is 0. The monoisotopic (exact) mass is 178 g/mol. The van der Waals surface area contributed by atoms with Crippen LogP contribution in [0.2, 0.25) is 0 Å². The van der Waals surface area contributed by atoms with Crippen molar-refractivity contribution >= 4 is 47.3 Å². The van der Waals surface area contributed by atoms with E-state index in [4.69, 9.17) is 5.11 Å². The number of carbonyl (C=O) groups is 1. The van der Waals surface area contributed by atoms with Crippen LogP contribution in [-0.4, -0.2) is 39.8 Å². The van der Waals surface area contributed by atoms with Crippen LogP contribution >= 0.6 is 12.6 Å². The average molecular weight is 178 g/mol. The molecule has 0 spiro atoms. The van der Waals surface area contributed by atoms with Crippen LogP contribution in [0.25, 0.3) is 0 Å². The van der Waals surface area contributed by atoms with Gasteiger partial charge in [0.25, 0.3) is 0 Å². The number of aromatic hydroxyl groups is 1. The Bertz CT molecular complexity index is 262. The van der Waals surface area contributed by atoms with E-state index in [1.807, 2.05) is 0 Å². The number of para-hydroxylation sites is 1. The summed E-state index contributed by atoms with van der Waals surface area (Å²) in [7, 11) is 0. The fourth-order valence-corrected chi connectivity index (χ4v) is 0.844. The third-order valence-corrected chi connectivity index (χ3v) is 1.38. The molecular formula is C7H7NaO2S. The van der Waals surface area contributed by atoms with Crippen molar-refractivity contribution < 1.29 is 9.90 Å². The van der Waals surface area contributed by atoms with Gasteiger partial charge in [-0.25, -0.2) is 0 Å². The number of thiol groups is 1. The summed E-state index contributed by atoms with van der Waals surface area (Å²) in [6.45, 7) is 0. The van der Waals surface area contributed by atoms with E-state index in [0.717, 1.165) is 0 Å². The molecular weight excluding hydrogens is 171 g/mol. The van der Waals surface area contributed by atoms with Crippen LogP contribution in [0.1, 0.15) is 10.4 Å². The van der Waals surface area contributed by atoms with E-state index in [-0.39, 0.29) is 40.9 Å². The number of phenols is 1. The van der Waals surface area contributed by atoms with Gasteiger partial charge in [0.05, 0.1) is 5.56 Å². The van der Waals surface area contributed by atoms with Crippen LogP contribution in [0, 0.1) is 0 Å². The fraction of sp³-hybridized carbons (Fsp3) is 0. The van der Waals surface area contributed by atoms with Gasteiger partial charge in [-0.05, 0) is 12.1 Å². The fourth-order valence-electron chi connectivity index (χ4n) is 0.654. The van der Waals surface area contributed by atoms with Gasteiger partial charge in [-0.15, -0.1) is 12.6 Å². The number of hydrogen-bond acceptors (Lipinski definition) is 2. The van der Waals surface area contributed by atoms with Gasteiger partial charge in [-0.3, -0.25) is 4.79 Å². The molecule has 0 bridgehead atoms. The van der Waals surface area contributed by atoms with Crippen LogP contribution in [0.5, 0.6) is 5.75 Å². The van der Waals surface area contributed by atoms with Crippen LogP contribution < -0.4 is 0 Å². The standard InChI is InChI=1S/C7H6O2S.Na.H/c8-6-4-2-1-3-5(6)7(9)10;;/h1-4,8H,(H,9,10);;. The maximum atomic E-state index is 10.6. The summed E-state index contributed by atoms with van der Waals surface area (Å²) in [6.07, 6.45) is 0. The Labute approximate surface area is 92.3 Å². The second-order valence-corrected chi connectivity index (χ2v) is 2.23. The van der Waals surface area contributed by atoms with Crippen molar-refractivity contribution in [3.63, 3.8) is 0 Å². The van der Waals surface area contributed by atoms with E-state index >= 15 is 0 Å². The Morgan fingerprint density at radius 3 is 2.27 bits per heavy atom. The molecule has 0 unspecified atom stereocenters. The quantitative estimate of drug-likeness (QED) is 0.493. The molecule has 0 fully saturated rings. The van der Waals surface area contributed by atoms with E-state index in [1.54, 1.807) is 12.1 Å². The molecule has 1 aromatic rings. The van der Waals surface area contributed by atoms with Gasteiger partial charge in [0.15, 0.2) is 0 Å². The molecule has 0 aromatic heterocycles. The first-order chi connectivity index (χ1) is 4.72. The van der Waals surface area contributed by atoms with Crippen molar-refractivity contribution in [1.29, 1.82) is 0 Å². The van der Waals surface area contributed by atoms with E-state index in [2.05, 4.69) is 12.6 Å². The summed E-state index contributed by atoms with van der Waals surface area (Å²) in [4.78, 5) is 10.6. The van der Waals surface area contributed by atoms with E-state index < -0.39 is 5.12 Å². The van der Waals surface area contributed by atoms with Crippen LogP contribution in [0.3, 0.4) is 0 Å². The second kappa shape index (κ2) is 4.83. The Hall–Kier alpha value is 0.0400. The van der Waals surface area contributed by atoms with Gasteiger partial charge in [0.1, 0.15) is 5.75 Å². The topological polar surface area (TPSA) is 37.3 Å². The maximum absolute atomic E-state index is 10.6. The van der Waals surface area contributed by atoms with Gasteiger partial charge in [-0.1, -0.05) is 12.1 Å². The summed E-state index contributed by atoms with van der Waals surface area (Å²) < 4.78 is 0. The average Bonchev–Trinajstić information content (AvgIpc) is 1.88. The summed E-state index contributed by atoms with van der Waals surface area (Å²) >= 11 is 3.56. The van der Waals surface area contributed by atoms with Crippen molar-refractivity contribution in [1.82, 2.24) is 0 Å². The Morgan fingerprint density at radius 1 is 1.36 bits per heavy atom. The number of benzene rings is 1. The third-order valence-electron chi connectivity index (χ3n) is 1.13. The summed E-state index contributed by atoms with van der Waals surface area (Å²) in [6, 6.07) is 6.28. The van der Waals surface area contributed by atoms with Crippen LogP contribution in [-0.2, 0) is 0 Å². The van der Waals surface area contributed by atoms with Crippen molar-refractivity contribution in [3.05, 3.63) is 29.8 Å². The molecule has 0 heterocycles. The number of carbonyl (C=O) groups excluding carboxylic acids is 1. The molecule has 0 amide bonds. The van der Waals surface area contributed by atoms with Gasteiger partial charge in [0, 0.05) is 0 Å². The molecule has 0 radical (unpaired) electrons. The summed E-state index contributed by atoms with van der Waals surface area (Å²) in [5.41, 5.74) is 0.242. The Morgan fingerprint density at radius 2 is 1.91 bits per heavy atom.